The molecule has 1 N–H and O–H groups in total. The molecule has 102 valence electrons. The number of rotatable bonds is 6. The number of hydrogen-bond acceptors (Lipinski definition) is 6. The van der Waals surface area contributed by atoms with Crippen molar-refractivity contribution < 1.29 is 12.9 Å². The van der Waals surface area contributed by atoms with E-state index in [9.17, 15) is 8.42 Å². The van der Waals surface area contributed by atoms with Gasteiger partial charge < -0.3 is 9.84 Å². The summed E-state index contributed by atoms with van der Waals surface area (Å²) in [4.78, 5) is 4.25. The minimum Gasteiger partial charge on any atom is -0.385 e. The normalized spacial score (nSPS) is 11.4. The topological polar surface area (TPSA) is 85.1 Å². The third kappa shape index (κ3) is 3.54. The van der Waals surface area contributed by atoms with Crippen LogP contribution in [0.5, 0.6) is 0 Å². The maximum absolute atomic E-state index is 11.6. The van der Waals surface area contributed by atoms with Crippen LogP contribution in [0.25, 0.3) is 0 Å². The van der Waals surface area contributed by atoms with Gasteiger partial charge in [0.2, 0.25) is 5.89 Å². The van der Waals surface area contributed by atoms with E-state index < -0.39 is 9.84 Å². The Morgan fingerprint density at radius 3 is 2.58 bits per heavy atom. The van der Waals surface area contributed by atoms with Crippen molar-refractivity contribution in [3.8, 4) is 0 Å². The highest BCUT2D eigenvalue weighted by molar-refractivity contribution is 7.91. The van der Waals surface area contributed by atoms with Crippen LogP contribution in [0.15, 0.2) is 40.0 Å². The van der Waals surface area contributed by atoms with Crippen LogP contribution in [-0.2, 0) is 16.3 Å². The molecule has 7 heteroatoms. The number of sulfone groups is 1. The molecule has 0 saturated heterocycles. The number of benzene rings is 1. The molecule has 0 radical (unpaired) electrons. The monoisotopic (exact) mass is 281 g/mol. The van der Waals surface area contributed by atoms with Crippen molar-refractivity contribution in [1.82, 2.24) is 10.1 Å². The van der Waals surface area contributed by atoms with Gasteiger partial charge in [-0.05, 0) is 24.3 Å². The zero-order valence-corrected chi connectivity index (χ0v) is 11.4. The lowest BCUT2D eigenvalue weighted by Gasteiger charge is -2.06. The van der Waals surface area contributed by atoms with Crippen molar-refractivity contribution in [2.75, 3.05) is 17.6 Å². The molecule has 0 unspecified atom stereocenters. The molecule has 2 aromatic rings. The molecule has 0 aliphatic rings. The van der Waals surface area contributed by atoms with E-state index >= 15 is 0 Å². The third-order valence-electron chi connectivity index (χ3n) is 2.67. The Hall–Kier alpha value is -1.89. The fraction of sp³-hybridized carbons (Fsp3) is 0.333. The number of hydrogen-bond donors (Lipinski definition) is 1. The number of nitrogens with one attached hydrogen (secondary N) is 1. The molecule has 0 aliphatic carbocycles. The van der Waals surface area contributed by atoms with Gasteiger partial charge in [-0.25, -0.2) is 8.42 Å². The first-order valence-corrected chi connectivity index (χ1v) is 7.59. The Labute approximate surface area is 111 Å². The summed E-state index contributed by atoms with van der Waals surface area (Å²) >= 11 is 0. The second-order valence-corrected chi connectivity index (χ2v) is 6.22. The predicted molar refractivity (Wildman–Crippen MR) is 70.7 cm³/mol. The van der Waals surface area contributed by atoms with Gasteiger partial charge in [-0.2, -0.15) is 4.98 Å². The first-order valence-electron chi connectivity index (χ1n) is 5.94. The fourth-order valence-electron chi connectivity index (χ4n) is 1.57. The van der Waals surface area contributed by atoms with Gasteiger partial charge in [-0.3, -0.25) is 0 Å². The van der Waals surface area contributed by atoms with Crippen molar-refractivity contribution in [3.63, 3.8) is 0 Å². The van der Waals surface area contributed by atoms with Crippen molar-refractivity contribution in [2.24, 2.45) is 0 Å². The quantitative estimate of drug-likeness (QED) is 0.864. The Kier molecular flexibility index (Phi) is 4.16. The highest BCUT2D eigenvalue weighted by Crippen LogP contribution is 2.15. The van der Waals surface area contributed by atoms with Gasteiger partial charge in [0.05, 0.1) is 10.6 Å². The van der Waals surface area contributed by atoms with E-state index in [4.69, 9.17) is 4.52 Å². The van der Waals surface area contributed by atoms with Crippen molar-refractivity contribution in [1.29, 1.82) is 0 Å². The van der Waals surface area contributed by atoms with Crippen LogP contribution >= 0.6 is 0 Å². The van der Waals surface area contributed by atoms with E-state index in [0.717, 1.165) is 5.69 Å². The molecule has 0 amide bonds. The van der Waals surface area contributed by atoms with E-state index in [1.807, 2.05) is 0 Å². The summed E-state index contributed by atoms with van der Waals surface area (Å²) in [5, 5.41) is 6.67. The average Bonchev–Trinajstić information content (AvgIpc) is 2.92. The molecule has 0 atom stereocenters. The number of aromatic nitrogens is 2. The van der Waals surface area contributed by atoms with Crippen molar-refractivity contribution in [2.45, 2.75) is 18.2 Å². The average molecular weight is 281 g/mol. The summed E-state index contributed by atoms with van der Waals surface area (Å²) in [5.41, 5.74) is 0.856. The zero-order chi connectivity index (χ0) is 13.7. The van der Waals surface area contributed by atoms with E-state index in [-0.39, 0.29) is 5.75 Å². The standard InChI is InChI=1S/C12H15N3O3S/c1-2-19(16,17)11-5-3-10(4-6-11)13-8-7-12-14-9-15-18-12/h3-6,9,13H,2,7-8H2,1H3. The molecule has 0 saturated carbocycles. The molecule has 0 fully saturated rings. The van der Waals surface area contributed by atoms with Crippen LogP contribution in [-0.4, -0.2) is 30.9 Å². The number of anilines is 1. The lowest BCUT2D eigenvalue weighted by Crippen LogP contribution is -2.06. The van der Waals surface area contributed by atoms with Gasteiger partial charge in [0, 0.05) is 18.7 Å². The number of nitrogens with zero attached hydrogens (tertiary/aromatic N) is 2. The van der Waals surface area contributed by atoms with Gasteiger partial charge in [0.1, 0.15) is 0 Å². The lowest BCUT2D eigenvalue weighted by atomic mass is 10.3. The van der Waals surface area contributed by atoms with Crippen molar-refractivity contribution in [3.05, 3.63) is 36.5 Å². The molecule has 1 heterocycles. The Bertz CT molecular complexity index is 606. The first-order chi connectivity index (χ1) is 9.12. The maximum atomic E-state index is 11.6. The summed E-state index contributed by atoms with van der Waals surface area (Å²) in [6.07, 6.45) is 1.98. The molecule has 0 spiro atoms. The molecule has 6 nitrogen and oxygen atoms in total. The summed E-state index contributed by atoms with van der Waals surface area (Å²) in [5.74, 6) is 0.675. The van der Waals surface area contributed by atoms with E-state index in [1.54, 1.807) is 31.2 Å². The van der Waals surface area contributed by atoms with Gasteiger partial charge >= 0.3 is 0 Å². The molecule has 1 aromatic carbocycles. The van der Waals surface area contributed by atoms with Crippen LogP contribution < -0.4 is 5.32 Å². The highest BCUT2D eigenvalue weighted by atomic mass is 32.2. The Morgan fingerprint density at radius 1 is 1.26 bits per heavy atom. The zero-order valence-electron chi connectivity index (χ0n) is 10.5. The molecular weight excluding hydrogens is 266 g/mol. The summed E-state index contributed by atoms with van der Waals surface area (Å²) in [7, 11) is -3.13. The molecule has 1 aromatic heterocycles. The van der Waals surface area contributed by atoms with Crippen LogP contribution in [0.3, 0.4) is 0 Å². The summed E-state index contributed by atoms with van der Waals surface area (Å²) in [6.45, 7) is 2.27. The minimum atomic E-state index is -3.13. The van der Waals surface area contributed by atoms with E-state index in [2.05, 4.69) is 15.5 Å². The fourth-order valence-corrected chi connectivity index (χ4v) is 2.45. The molecule has 0 aliphatic heterocycles. The largest absolute Gasteiger partial charge is 0.385 e. The van der Waals surface area contributed by atoms with Gasteiger partial charge in [0.25, 0.3) is 0 Å². The van der Waals surface area contributed by atoms with Crippen molar-refractivity contribution >= 4 is 15.5 Å². The first kappa shape index (κ1) is 13.5. The second-order valence-electron chi connectivity index (χ2n) is 3.94. The lowest BCUT2D eigenvalue weighted by molar-refractivity contribution is 0.380. The molecule has 19 heavy (non-hydrogen) atoms. The molecule has 2 rings (SSSR count). The van der Waals surface area contributed by atoms with E-state index in [1.165, 1.54) is 6.33 Å². The van der Waals surface area contributed by atoms with Crippen LogP contribution in [0.2, 0.25) is 0 Å². The minimum absolute atomic E-state index is 0.108. The molecule has 0 bridgehead atoms. The third-order valence-corrected chi connectivity index (χ3v) is 4.42. The highest BCUT2D eigenvalue weighted by Gasteiger charge is 2.10. The Morgan fingerprint density at radius 2 is 2.00 bits per heavy atom. The van der Waals surface area contributed by atoms with Crippen LogP contribution in [0.4, 0.5) is 5.69 Å². The van der Waals surface area contributed by atoms with Gasteiger partial charge in [-0.1, -0.05) is 12.1 Å². The maximum Gasteiger partial charge on any atom is 0.228 e. The smallest absolute Gasteiger partial charge is 0.228 e. The molecular formula is C12H15N3O3S. The van der Waals surface area contributed by atoms with Gasteiger partial charge in [-0.15, -0.1) is 0 Å². The second kappa shape index (κ2) is 5.83. The van der Waals surface area contributed by atoms with Crippen LogP contribution in [0.1, 0.15) is 12.8 Å². The SMILES string of the molecule is CCS(=O)(=O)c1ccc(NCCc2ncno2)cc1. The van der Waals surface area contributed by atoms with Gasteiger partial charge in [0.15, 0.2) is 16.2 Å². The summed E-state index contributed by atoms with van der Waals surface area (Å²) < 4.78 is 28.1. The van der Waals surface area contributed by atoms with Crippen LogP contribution in [0, 0.1) is 0 Å². The summed E-state index contributed by atoms with van der Waals surface area (Å²) in [6, 6.07) is 6.70. The van der Waals surface area contributed by atoms with E-state index in [0.29, 0.717) is 23.8 Å². The predicted octanol–water partition coefficient (Wildman–Crippen LogP) is 1.52. The Balaban J connectivity index is 1.92.